The van der Waals surface area contributed by atoms with Gasteiger partial charge in [0.25, 0.3) is 5.91 Å². The van der Waals surface area contributed by atoms with Crippen LogP contribution in [0.25, 0.3) is 10.9 Å². The van der Waals surface area contributed by atoms with Crippen LogP contribution in [-0.2, 0) is 26.3 Å². The van der Waals surface area contributed by atoms with Crippen LogP contribution in [0.3, 0.4) is 0 Å². The fourth-order valence-electron chi connectivity index (χ4n) is 7.91. The third kappa shape index (κ3) is 3.36. The Morgan fingerprint density at radius 3 is 2.52 bits per heavy atom. The average Bonchev–Trinajstić information content (AvgIpc) is 3.52. The summed E-state index contributed by atoms with van der Waals surface area (Å²) in [5.41, 5.74) is -2.09. The van der Waals surface area contributed by atoms with Crippen LogP contribution in [0.15, 0.2) is 48.5 Å². The Kier molecular flexibility index (Phi) is 5.38. The lowest BCUT2D eigenvalue weighted by atomic mass is 9.51. The maximum atomic E-state index is 14.7. The predicted octanol–water partition coefficient (Wildman–Crippen LogP) is 4.73. The number of piperidine rings is 2. The fraction of sp³-hybridized carbons (Fsp3) is 0.455. The molecule has 1 aromatic heterocycles. The van der Waals surface area contributed by atoms with Gasteiger partial charge in [0.2, 0.25) is 11.7 Å². The van der Waals surface area contributed by atoms with E-state index >= 15 is 0 Å². The number of nitrogens with one attached hydrogen (secondary N) is 1. The van der Waals surface area contributed by atoms with Gasteiger partial charge in [-0.15, -0.1) is 0 Å². The number of ether oxygens (including phenoxy) is 2. The van der Waals surface area contributed by atoms with E-state index in [2.05, 4.69) is 5.32 Å². The summed E-state index contributed by atoms with van der Waals surface area (Å²) in [6, 6.07) is 15.0. The van der Waals surface area contributed by atoms with Gasteiger partial charge in [-0.25, -0.2) is 9.36 Å². The Bertz CT molecular complexity index is 1700. The molecule has 4 fully saturated rings. The van der Waals surface area contributed by atoms with Crippen LogP contribution in [0.4, 0.5) is 4.79 Å². The van der Waals surface area contributed by atoms with E-state index in [1.807, 2.05) is 44.2 Å². The molecule has 2 aromatic carbocycles. The lowest BCUT2D eigenvalue weighted by molar-refractivity contribution is -0.174. The molecule has 2 spiro atoms. The highest BCUT2D eigenvalue weighted by Gasteiger charge is 2.76. The molecule has 8 rings (SSSR count). The molecule has 4 aliphatic heterocycles. The molecule has 9 heteroatoms. The summed E-state index contributed by atoms with van der Waals surface area (Å²) in [6.07, 6.45) is 1.03. The van der Waals surface area contributed by atoms with Crippen molar-refractivity contribution in [2.45, 2.75) is 82.6 Å². The molecule has 5 aliphatic rings. The summed E-state index contributed by atoms with van der Waals surface area (Å²) < 4.78 is 13.5. The number of hydrogen-bond donors (Lipinski definition) is 1. The zero-order valence-electron chi connectivity index (χ0n) is 24.6. The Hall–Kier alpha value is -4.14. The maximum Gasteiger partial charge on any atom is 0.419 e. The third-order valence-corrected chi connectivity index (χ3v) is 9.70. The lowest BCUT2D eigenvalue weighted by Gasteiger charge is -2.63. The molecule has 42 heavy (non-hydrogen) atoms. The lowest BCUT2D eigenvalue weighted by Crippen LogP contribution is -2.86. The molecular weight excluding hydrogens is 534 g/mol. The van der Waals surface area contributed by atoms with E-state index in [9.17, 15) is 19.2 Å². The molecular formula is C33H35N3O6. The number of nitrogens with zero attached hydrogens (tertiary/aromatic N) is 2. The van der Waals surface area contributed by atoms with Crippen molar-refractivity contribution in [2.24, 2.45) is 5.92 Å². The van der Waals surface area contributed by atoms with E-state index in [4.69, 9.17) is 9.47 Å². The van der Waals surface area contributed by atoms with Crippen LogP contribution in [0.1, 0.15) is 75.5 Å². The highest BCUT2D eigenvalue weighted by atomic mass is 16.6. The zero-order valence-corrected chi connectivity index (χ0v) is 24.6. The summed E-state index contributed by atoms with van der Waals surface area (Å²) in [6.45, 7) is 10.1. The van der Waals surface area contributed by atoms with Crippen LogP contribution in [0.2, 0.25) is 0 Å². The van der Waals surface area contributed by atoms with Crippen LogP contribution in [-0.4, -0.2) is 56.4 Å². The zero-order chi connectivity index (χ0) is 29.8. The molecule has 4 saturated heterocycles. The van der Waals surface area contributed by atoms with Crippen molar-refractivity contribution < 1.29 is 28.7 Å². The van der Waals surface area contributed by atoms with E-state index < -0.39 is 39.9 Å². The van der Waals surface area contributed by atoms with E-state index in [1.165, 1.54) is 4.57 Å². The molecule has 218 valence electrons. The second kappa shape index (κ2) is 8.46. The first kappa shape index (κ1) is 26.7. The van der Waals surface area contributed by atoms with Crippen LogP contribution >= 0.6 is 0 Å². The third-order valence-electron chi connectivity index (χ3n) is 9.70. The Morgan fingerprint density at radius 2 is 1.81 bits per heavy atom. The first-order valence-electron chi connectivity index (χ1n) is 14.6. The minimum absolute atomic E-state index is 0.254. The molecule has 1 N–H and O–H groups in total. The van der Waals surface area contributed by atoms with E-state index in [0.717, 1.165) is 5.56 Å². The topological polar surface area (TPSA) is 107 Å². The number of carbonyl (C=O) groups excluding carboxylic acids is 4. The number of piperazine rings is 1. The quantitative estimate of drug-likeness (QED) is 0.457. The molecule has 1 unspecified atom stereocenters. The van der Waals surface area contributed by atoms with Crippen LogP contribution in [0, 0.1) is 5.92 Å². The Morgan fingerprint density at radius 1 is 1.07 bits per heavy atom. The van der Waals surface area contributed by atoms with Gasteiger partial charge in [0.15, 0.2) is 5.54 Å². The Labute approximate surface area is 244 Å². The number of fused-ring (bicyclic) bond motifs is 4. The summed E-state index contributed by atoms with van der Waals surface area (Å²) in [5.74, 6) is -1.07. The van der Waals surface area contributed by atoms with Gasteiger partial charge in [-0.3, -0.25) is 14.4 Å². The number of amides is 2. The van der Waals surface area contributed by atoms with Crippen molar-refractivity contribution in [3.63, 3.8) is 0 Å². The molecule has 2 amide bonds. The second-order valence-electron chi connectivity index (χ2n) is 13.7. The smallest absolute Gasteiger partial charge is 0.419 e. The van der Waals surface area contributed by atoms with Gasteiger partial charge in [-0.1, -0.05) is 44.2 Å². The summed E-state index contributed by atoms with van der Waals surface area (Å²) in [7, 11) is 0. The molecule has 2 bridgehead atoms. The minimum Gasteiger partial charge on any atom is -0.489 e. The van der Waals surface area contributed by atoms with Gasteiger partial charge in [0.1, 0.15) is 23.5 Å². The van der Waals surface area contributed by atoms with Crippen molar-refractivity contribution in [2.75, 3.05) is 6.54 Å². The van der Waals surface area contributed by atoms with Gasteiger partial charge >= 0.3 is 6.09 Å². The molecule has 1 aliphatic carbocycles. The van der Waals surface area contributed by atoms with E-state index in [0.29, 0.717) is 54.8 Å². The van der Waals surface area contributed by atoms with Crippen molar-refractivity contribution >= 4 is 34.6 Å². The second-order valence-corrected chi connectivity index (χ2v) is 13.7. The van der Waals surface area contributed by atoms with Crippen molar-refractivity contribution in [1.29, 1.82) is 0 Å². The van der Waals surface area contributed by atoms with Crippen molar-refractivity contribution in [1.82, 2.24) is 14.8 Å². The SMILES string of the molecule is CC(C)(C)OC(=O)n1c2c(c3ccc(OCc4ccccc4)cc31)C(=O)C13NC(=O)[C@]4(CCCN4C1=O)C[C@H]3C2(C)C. The predicted molar refractivity (Wildman–Crippen MR) is 154 cm³/mol. The highest BCUT2D eigenvalue weighted by Crippen LogP contribution is 2.59. The minimum atomic E-state index is -1.71. The first-order valence-corrected chi connectivity index (χ1v) is 14.6. The van der Waals surface area contributed by atoms with E-state index in [1.54, 1.807) is 43.9 Å². The molecule has 3 atom stereocenters. The van der Waals surface area contributed by atoms with Gasteiger partial charge in [0.05, 0.1) is 11.1 Å². The van der Waals surface area contributed by atoms with Crippen LogP contribution < -0.4 is 10.1 Å². The average molecular weight is 570 g/mol. The molecule has 5 heterocycles. The van der Waals surface area contributed by atoms with Crippen LogP contribution in [0.5, 0.6) is 5.75 Å². The number of Topliss-reactive ketones (excluding diaryl/α,β-unsaturated/α-hetero) is 1. The maximum absolute atomic E-state index is 14.7. The molecule has 0 saturated carbocycles. The number of benzene rings is 2. The number of ketones is 1. The number of hydrogen-bond acceptors (Lipinski definition) is 6. The van der Waals surface area contributed by atoms with Crippen molar-refractivity contribution in [3.8, 4) is 5.75 Å². The van der Waals surface area contributed by atoms with Gasteiger partial charge in [0, 0.05) is 35.0 Å². The summed E-state index contributed by atoms with van der Waals surface area (Å²) >= 11 is 0. The summed E-state index contributed by atoms with van der Waals surface area (Å²) in [4.78, 5) is 58.0. The number of aromatic nitrogens is 1. The largest absolute Gasteiger partial charge is 0.489 e. The first-order chi connectivity index (χ1) is 19.8. The normalized spacial score (nSPS) is 27.4. The van der Waals surface area contributed by atoms with E-state index in [-0.39, 0.29) is 17.4 Å². The fourth-order valence-corrected chi connectivity index (χ4v) is 7.91. The van der Waals surface area contributed by atoms with Gasteiger partial charge in [-0.2, -0.15) is 0 Å². The molecule has 0 radical (unpaired) electrons. The highest BCUT2D eigenvalue weighted by molar-refractivity contribution is 6.29. The molecule has 9 nitrogen and oxygen atoms in total. The summed E-state index contributed by atoms with van der Waals surface area (Å²) in [5, 5.41) is 3.46. The number of rotatable bonds is 3. The van der Waals surface area contributed by atoms with Gasteiger partial charge < -0.3 is 19.7 Å². The standard InChI is InChI=1S/C33H35N3O6/c1-30(2,3)42-29(40)36-22-16-20(41-18-19-10-7-6-8-11-19)12-13-21(22)24-25(36)31(4,5)23-17-32-14-9-15-35(32)28(39)33(23,26(24)37)34-27(32)38/h6-8,10-13,16,23H,9,14-15,17-18H2,1-5H3,(H,34,38)/t23-,32-,33?/m0/s1. The van der Waals surface area contributed by atoms with Crippen molar-refractivity contribution in [3.05, 3.63) is 65.4 Å². The monoisotopic (exact) mass is 569 g/mol. The number of carbonyl (C=O) groups is 4. The molecule has 3 aromatic rings. The Balaban J connectivity index is 1.44. The van der Waals surface area contributed by atoms with Gasteiger partial charge in [-0.05, 0) is 57.7 Å².